The van der Waals surface area contributed by atoms with Gasteiger partial charge < -0.3 is 15.3 Å². The molecule has 2 saturated heterocycles. The molecule has 1 atom stereocenters. The zero-order valence-electron chi connectivity index (χ0n) is 11.5. The minimum Gasteiger partial charge on any atom is -0.478 e. The maximum atomic E-state index is 12.5. The molecule has 114 valence electrons. The summed E-state index contributed by atoms with van der Waals surface area (Å²) in [5.41, 5.74) is 0.477. The lowest BCUT2D eigenvalue weighted by molar-refractivity contribution is -0.122. The second-order valence-electron chi connectivity index (χ2n) is 5.06. The maximum Gasteiger partial charge on any atom is 0.335 e. The van der Waals surface area contributed by atoms with E-state index in [9.17, 15) is 14.4 Å². The van der Waals surface area contributed by atoms with Gasteiger partial charge in [-0.1, -0.05) is 0 Å². The minimum absolute atomic E-state index is 0.0708. The van der Waals surface area contributed by atoms with Crippen LogP contribution in [-0.2, 0) is 9.59 Å². The van der Waals surface area contributed by atoms with E-state index in [1.165, 1.54) is 24.3 Å². The third-order valence-electron chi connectivity index (χ3n) is 3.76. The van der Waals surface area contributed by atoms with E-state index in [1.54, 1.807) is 4.90 Å². The highest BCUT2D eigenvalue weighted by Gasteiger charge is 2.44. The number of amides is 2. The number of aromatic carboxylic acids is 1. The van der Waals surface area contributed by atoms with Crippen molar-refractivity contribution in [2.45, 2.75) is 12.5 Å². The number of carboxylic acid groups (broad SMARTS) is 1. The summed E-state index contributed by atoms with van der Waals surface area (Å²) in [6, 6.07) is 5.07. The SMILES string of the molecule is O=C(O)c1ccc(N2C(=O)C[C@@H](N3CCNC3=S)C2=O)cc1. The van der Waals surface area contributed by atoms with Gasteiger partial charge in [0.2, 0.25) is 5.91 Å². The summed E-state index contributed by atoms with van der Waals surface area (Å²) < 4.78 is 0. The monoisotopic (exact) mass is 319 g/mol. The first-order valence-electron chi connectivity index (χ1n) is 6.73. The number of benzene rings is 1. The lowest BCUT2D eigenvalue weighted by Gasteiger charge is -2.22. The second-order valence-corrected chi connectivity index (χ2v) is 5.45. The highest BCUT2D eigenvalue weighted by Crippen LogP contribution is 2.26. The van der Waals surface area contributed by atoms with Gasteiger partial charge in [-0.25, -0.2) is 9.69 Å². The van der Waals surface area contributed by atoms with Crippen molar-refractivity contribution < 1.29 is 19.5 Å². The number of nitrogens with zero attached hydrogens (tertiary/aromatic N) is 2. The van der Waals surface area contributed by atoms with Crippen LogP contribution in [0.2, 0.25) is 0 Å². The van der Waals surface area contributed by atoms with Crippen LogP contribution in [0.4, 0.5) is 5.69 Å². The van der Waals surface area contributed by atoms with Crippen LogP contribution in [0.25, 0.3) is 0 Å². The molecule has 0 unspecified atom stereocenters. The first-order valence-corrected chi connectivity index (χ1v) is 7.14. The lowest BCUT2D eigenvalue weighted by atomic mass is 10.2. The van der Waals surface area contributed by atoms with Gasteiger partial charge in [-0.15, -0.1) is 0 Å². The van der Waals surface area contributed by atoms with Gasteiger partial charge in [0.15, 0.2) is 5.11 Å². The van der Waals surface area contributed by atoms with Crippen LogP contribution in [0.1, 0.15) is 16.8 Å². The van der Waals surface area contributed by atoms with E-state index in [-0.39, 0.29) is 23.8 Å². The van der Waals surface area contributed by atoms with E-state index in [2.05, 4.69) is 5.32 Å². The van der Waals surface area contributed by atoms with Crippen LogP contribution in [-0.4, -0.2) is 52.0 Å². The number of carbonyl (C=O) groups is 3. The van der Waals surface area contributed by atoms with E-state index < -0.39 is 12.0 Å². The third-order valence-corrected chi connectivity index (χ3v) is 4.14. The van der Waals surface area contributed by atoms with E-state index >= 15 is 0 Å². The predicted octanol–water partition coefficient (Wildman–Crippen LogP) is 0.207. The molecule has 1 aromatic carbocycles. The zero-order chi connectivity index (χ0) is 15.9. The van der Waals surface area contributed by atoms with Gasteiger partial charge in [0.1, 0.15) is 6.04 Å². The predicted molar refractivity (Wildman–Crippen MR) is 81.6 cm³/mol. The quantitative estimate of drug-likeness (QED) is 0.608. The molecule has 2 aliphatic rings. The largest absolute Gasteiger partial charge is 0.478 e. The smallest absolute Gasteiger partial charge is 0.335 e. The average molecular weight is 319 g/mol. The van der Waals surface area contributed by atoms with Gasteiger partial charge in [0.05, 0.1) is 17.7 Å². The summed E-state index contributed by atoms with van der Waals surface area (Å²) in [5, 5.41) is 12.3. The van der Waals surface area contributed by atoms with Crippen molar-refractivity contribution in [1.82, 2.24) is 10.2 Å². The van der Waals surface area contributed by atoms with Crippen LogP contribution >= 0.6 is 12.2 Å². The Morgan fingerprint density at radius 1 is 1.27 bits per heavy atom. The van der Waals surface area contributed by atoms with E-state index in [0.29, 0.717) is 23.9 Å². The van der Waals surface area contributed by atoms with Crippen molar-refractivity contribution in [1.29, 1.82) is 0 Å². The fourth-order valence-corrected chi connectivity index (χ4v) is 2.99. The molecule has 8 heteroatoms. The summed E-state index contributed by atoms with van der Waals surface area (Å²) in [7, 11) is 0. The van der Waals surface area contributed by atoms with Gasteiger partial charge in [-0.3, -0.25) is 9.59 Å². The Morgan fingerprint density at radius 2 is 1.95 bits per heavy atom. The zero-order valence-corrected chi connectivity index (χ0v) is 12.3. The Hall–Kier alpha value is -2.48. The summed E-state index contributed by atoms with van der Waals surface area (Å²) in [4.78, 5) is 38.4. The van der Waals surface area contributed by atoms with Crippen LogP contribution in [0.15, 0.2) is 24.3 Å². The molecule has 2 fully saturated rings. The van der Waals surface area contributed by atoms with E-state index in [0.717, 1.165) is 4.90 Å². The molecule has 2 amide bonds. The lowest BCUT2D eigenvalue weighted by Crippen LogP contribution is -2.43. The molecule has 2 heterocycles. The average Bonchev–Trinajstić information content (AvgIpc) is 3.02. The van der Waals surface area contributed by atoms with E-state index in [1.807, 2.05) is 0 Å². The van der Waals surface area contributed by atoms with Crippen LogP contribution in [0.3, 0.4) is 0 Å². The number of rotatable bonds is 3. The number of anilines is 1. The summed E-state index contributed by atoms with van der Waals surface area (Å²) >= 11 is 5.14. The first-order chi connectivity index (χ1) is 10.5. The van der Waals surface area contributed by atoms with Crippen molar-refractivity contribution in [3.05, 3.63) is 29.8 Å². The fourth-order valence-electron chi connectivity index (χ4n) is 2.67. The standard InChI is InChI=1S/C14H13N3O4S/c18-11-7-10(16-6-5-15-14(16)22)12(19)17(11)9-3-1-8(2-4-9)13(20)21/h1-4,10H,5-7H2,(H,15,22)(H,20,21)/t10-/m1/s1. The van der Waals surface area contributed by atoms with Gasteiger partial charge >= 0.3 is 5.97 Å². The third kappa shape index (κ3) is 2.31. The molecule has 7 nitrogen and oxygen atoms in total. The highest BCUT2D eigenvalue weighted by atomic mass is 32.1. The molecule has 1 aromatic rings. The summed E-state index contributed by atoms with van der Waals surface area (Å²) in [6.07, 6.45) is 0.0708. The molecule has 0 saturated carbocycles. The molecule has 3 rings (SSSR count). The molecule has 2 aliphatic heterocycles. The number of imide groups is 1. The van der Waals surface area contributed by atoms with Gasteiger partial charge in [0, 0.05) is 13.1 Å². The normalized spacial score (nSPS) is 21.5. The van der Waals surface area contributed by atoms with Crippen LogP contribution < -0.4 is 10.2 Å². The van der Waals surface area contributed by atoms with Crippen molar-refractivity contribution in [3.8, 4) is 0 Å². The Labute approximate surface area is 131 Å². The molecular formula is C14H13N3O4S. The first kappa shape index (κ1) is 14.5. The molecule has 0 radical (unpaired) electrons. The summed E-state index contributed by atoms with van der Waals surface area (Å²) in [5.74, 6) is -1.70. The highest BCUT2D eigenvalue weighted by molar-refractivity contribution is 7.80. The number of thiocarbonyl (C=S) groups is 1. The molecule has 0 aliphatic carbocycles. The van der Waals surface area contributed by atoms with E-state index in [4.69, 9.17) is 17.3 Å². The number of nitrogens with one attached hydrogen (secondary N) is 1. The summed E-state index contributed by atoms with van der Waals surface area (Å²) in [6.45, 7) is 1.25. The number of carbonyl (C=O) groups excluding carboxylic acids is 2. The topological polar surface area (TPSA) is 89.9 Å². The molecule has 0 bridgehead atoms. The number of hydrogen-bond donors (Lipinski definition) is 2. The molecular weight excluding hydrogens is 306 g/mol. The van der Waals surface area contributed by atoms with Crippen molar-refractivity contribution in [2.75, 3.05) is 18.0 Å². The van der Waals surface area contributed by atoms with Crippen molar-refractivity contribution >= 4 is 40.8 Å². The molecule has 0 aromatic heterocycles. The molecule has 0 spiro atoms. The van der Waals surface area contributed by atoms with Crippen LogP contribution in [0.5, 0.6) is 0 Å². The Balaban J connectivity index is 1.85. The number of hydrogen-bond acceptors (Lipinski definition) is 4. The van der Waals surface area contributed by atoms with Crippen molar-refractivity contribution in [2.24, 2.45) is 0 Å². The Bertz CT molecular complexity index is 673. The number of carboxylic acids is 1. The Kier molecular flexibility index (Phi) is 3.53. The maximum absolute atomic E-state index is 12.5. The van der Waals surface area contributed by atoms with Crippen molar-refractivity contribution in [3.63, 3.8) is 0 Å². The van der Waals surface area contributed by atoms with Crippen LogP contribution in [0, 0.1) is 0 Å². The molecule has 22 heavy (non-hydrogen) atoms. The molecule has 2 N–H and O–H groups in total. The fraction of sp³-hybridized carbons (Fsp3) is 0.286. The minimum atomic E-state index is -1.06. The van der Waals surface area contributed by atoms with Gasteiger partial charge in [0.25, 0.3) is 5.91 Å². The van der Waals surface area contributed by atoms with Gasteiger partial charge in [-0.05, 0) is 36.5 Å². The Morgan fingerprint density at radius 3 is 2.50 bits per heavy atom. The van der Waals surface area contributed by atoms with Gasteiger partial charge in [-0.2, -0.15) is 0 Å². The second kappa shape index (κ2) is 5.38.